The highest BCUT2D eigenvalue weighted by molar-refractivity contribution is 9.10. The zero-order chi connectivity index (χ0) is 15.6. The molecule has 2 aromatic rings. The van der Waals surface area contributed by atoms with Gasteiger partial charge in [-0.05, 0) is 25.1 Å². The molecule has 0 aliphatic rings. The van der Waals surface area contributed by atoms with Crippen LogP contribution in [-0.2, 0) is 18.4 Å². The maximum Gasteiger partial charge on any atom is 0.359 e. The number of aromatic nitrogens is 2. The summed E-state index contributed by atoms with van der Waals surface area (Å²) in [6.45, 7) is 1.83. The molecule has 0 amide bonds. The van der Waals surface area contributed by atoms with Gasteiger partial charge in [-0.1, -0.05) is 15.9 Å². The summed E-state index contributed by atoms with van der Waals surface area (Å²) in [5.41, 5.74) is 7.79. The van der Waals surface area contributed by atoms with Crippen molar-refractivity contribution in [3.05, 3.63) is 39.6 Å². The molecule has 7 heteroatoms. The molecule has 112 valence electrons. The predicted octanol–water partition coefficient (Wildman–Crippen LogP) is 2.44. The average molecular weight is 354 g/mol. The van der Waals surface area contributed by atoms with Crippen LogP contribution in [0.15, 0.2) is 22.7 Å². The molecule has 0 unspecified atom stereocenters. The molecule has 1 heterocycles. The second-order valence-corrected chi connectivity index (χ2v) is 5.42. The van der Waals surface area contributed by atoms with Crippen molar-refractivity contribution in [1.29, 1.82) is 0 Å². The van der Waals surface area contributed by atoms with E-state index in [1.807, 2.05) is 12.1 Å². The first-order valence-corrected chi connectivity index (χ1v) is 7.02. The summed E-state index contributed by atoms with van der Waals surface area (Å²) < 4.78 is 12.8. The third-order valence-electron chi connectivity index (χ3n) is 3.06. The van der Waals surface area contributed by atoms with Gasteiger partial charge in [0.1, 0.15) is 12.4 Å². The summed E-state index contributed by atoms with van der Waals surface area (Å²) in [5.74, 6) is 0.137. The van der Waals surface area contributed by atoms with Gasteiger partial charge >= 0.3 is 5.97 Å². The number of rotatable bonds is 4. The minimum Gasteiger partial charge on any atom is -0.496 e. The number of halogens is 1. The van der Waals surface area contributed by atoms with E-state index in [1.54, 1.807) is 27.1 Å². The Hall–Kier alpha value is -2.02. The number of anilines is 1. The fourth-order valence-corrected chi connectivity index (χ4v) is 2.40. The van der Waals surface area contributed by atoms with Crippen LogP contribution in [0.5, 0.6) is 5.75 Å². The molecule has 2 rings (SSSR count). The first kappa shape index (κ1) is 15.4. The minimum atomic E-state index is -0.516. The molecule has 0 radical (unpaired) electrons. The second kappa shape index (κ2) is 6.17. The number of nitrogens with two attached hydrogens (primary N) is 1. The Morgan fingerprint density at radius 2 is 2.19 bits per heavy atom. The Morgan fingerprint density at radius 3 is 2.76 bits per heavy atom. The third kappa shape index (κ3) is 3.18. The molecule has 0 aliphatic heterocycles. The van der Waals surface area contributed by atoms with Crippen LogP contribution in [0.25, 0.3) is 0 Å². The quantitative estimate of drug-likeness (QED) is 0.854. The highest BCUT2D eigenvalue weighted by atomic mass is 79.9. The Bertz CT molecular complexity index is 682. The van der Waals surface area contributed by atoms with E-state index in [-0.39, 0.29) is 12.3 Å². The molecule has 21 heavy (non-hydrogen) atoms. The summed E-state index contributed by atoms with van der Waals surface area (Å²) in [7, 11) is 3.22. The lowest BCUT2D eigenvalue weighted by molar-refractivity contribution is 0.0458. The molecule has 0 spiro atoms. The van der Waals surface area contributed by atoms with Crippen molar-refractivity contribution in [2.24, 2.45) is 7.05 Å². The standard InChI is InChI=1S/C14H16BrN3O3/c1-8-12(16)13(18(2)17-8)14(19)21-7-9-6-10(15)4-5-11(9)20-3/h4-6H,7,16H2,1-3H3. The van der Waals surface area contributed by atoms with Crippen molar-refractivity contribution in [1.82, 2.24) is 9.78 Å². The van der Waals surface area contributed by atoms with E-state index < -0.39 is 5.97 Å². The number of carbonyl (C=O) groups excluding carboxylic acids is 1. The van der Waals surface area contributed by atoms with Crippen molar-refractivity contribution in [3.63, 3.8) is 0 Å². The number of methoxy groups -OCH3 is 1. The molecule has 0 aliphatic carbocycles. The zero-order valence-electron chi connectivity index (χ0n) is 12.0. The monoisotopic (exact) mass is 353 g/mol. The van der Waals surface area contributed by atoms with Crippen LogP contribution in [0.1, 0.15) is 21.7 Å². The lowest BCUT2D eigenvalue weighted by Gasteiger charge is -2.10. The van der Waals surface area contributed by atoms with Gasteiger partial charge in [0.05, 0.1) is 18.5 Å². The SMILES string of the molecule is COc1ccc(Br)cc1COC(=O)c1c(N)c(C)nn1C. The molecule has 0 bridgehead atoms. The highest BCUT2D eigenvalue weighted by Gasteiger charge is 2.19. The molecule has 1 aromatic heterocycles. The zero-order valence-corrected chi connectivity index (χ0v) is 13.6. The summed E-state index contributed by atoms with van der Waals surface area (Å²) in [5, 5.41) is 4.09. The summed E-state index contributed by atoms with van der Waals surface area (Å²) >= 11 is 3.37. The molecular formula is C14H16BrN3O3. The lowest BCUT2D eigenvalue weighted by atomic mass is 10.2. The maximum atomic E-state index is 12.1. The summed E-state index contributed by atoms with van der Waals surface area (Å²) in [4.78, 5) is 12.1. The van der Waals surface area contributed by atoms with Crippen LogP contribution in [-0.4, -0.2) is 22.9 Å². The first-order chi connectivity index (χ1) is 9.93. The van der Waals surface area contributed by atoms with Crippen molar-refractivity contribution in [2.75, 3.05) is 12.8 Å². The van der Waals surface area contributed by atoms with Crippen LogP contribution in [0, 0.1) is 6.92 Å². The Kier molecular flexibility index (Phi) is 4.52. The van der Waals surface area contributed by atoms with Gasteiger partial charge in [0.15, 0.2) is 5.69 Å². The largest absolute Gasteiger partial charge is 0.496 e. The topological polar surface area (TPSA) is 79.4 Å². The van der Waals surface area contributed by atoms with Crippen molar-refractivity contribution in [3.8, 4) is 5.75 Å². The summed E-state index contributed by atoms with van der Waals surface area (Å²) in [6.07, 6.45) is 0. The number of ether oxygens (including phenoxy) is 2. The molecule has 0 fully saturated rings. The molecule has 1 aromatic carbocycles. The second-order valence-electron chi connectivity index (χ2n) is 4.50. The number of carbonyl (C=O) groups is 1. The van der Waals surface area contributed by atoms with E-state index in [4.69, 9.17) is 15.2 Å². The number of esters is 1. The molecule has 0 saturated carbocycles. The van der Waals surface area contributed by atoms with Gasteiger partial charge in [0.25, 0.3) is 0 Å². The van der Waals surface area contributed by atoms with E-state index in [9.17, 15) is 4.79 Å². The Balaban J connectivity index is 2.16. The number of nitrogen functional groups attached to an aromatic ring is 1. The van der Waals surface area contributed by atoms with Crippen LogP contribution >= 0.6 is 15.9 Å². The van der Waals surface area contributed by atoms with Crippen molar-refractivity contribution < 1.29 is 14.3 Å². The van der Waals surface area contributed by atoms with Gasteiger partial charge in [-0.15, -0.1) is 0 Å². The van der Waals surface area contributed by atoms with Gasteiger partial charge in [0.2, 0.25) is 0 Å². The van der Waals surface area contributed by atoms with E-state index in [0.29, 0.717) is 17.1 Å². The van der Waals surface area contributed by atoms with Crippen molar-refractivity contribution in [2.45, 2.75) is 13.5 Å². The van der Waals surface area contributed by atoms with Crippen molar-refractivity contribution >= 4 is 27.6 Å². The summed E-state index contributed by atoms with van der Waals surface area (Å²) in [6, 6.07) is 5.49. The number of aryl methyl sites for hydroxylation is 2. The fourth-order valence-electron chi connectivity index (χ4n) is 1.99. The Morgan fingerprint density at radius 1 is 1.48 bits per heavy atom. The number of hydrogen-bond donors (Lipinski definition) is 1. The average Bonchev–Trinajstić information content (AvgIpc) is 2.70. The van der Waals surface area contributed by atoms with Crippen LogP contribution in [0.3, 0.4) is 0 Å². The van der Waals surface area contributed by atoms with Crippen LogP contribution < -0.4 is 10.5 Å². The third-order valence-corrected chi connectivity index (χ3v) is 3.56. The lowest BCUT2D eigenvalue weighted by Crippen LogP contribution is -2.13. The van der Waals surface area contributed by atoms with E-state index >= 15 is 0 Å². The first-order valence-electron chi connectivity index (χ1n) is 6.22. The number of nitrogens with zero attached hydrogens (tertiary/aromatic N) is 2. The molecular weight excluding hydrogens is 338 g/mol. The van der Waals surface area contributed by atoms with E-state index in [2.05, 4.69) is 21.0 Å². The minimum absolute atomic E-state index is 0.0884. The van der Waals surface area contributed by atoms with Crippen LogP contribution in [0.2, 0.25) is 0 Å². The molecule has 0 atom stereocenters. The van der Waals surface area contributed by atoms with Gasteiger partial charge < -0.3 is 15.2 Å². The molecule has 0 saturated heterocycles. The van der Waals surface area contributed by atoms with E-state index in [0.717, 1.165) is 10.0 Å². The normalized spacial score (nSPS) is 10.5. The smallest absolute Gasteiger partial charge is 0.359 e. The highest BCUT2D eigenvalue weighted by Crippen LogP contribution is 2.24. The van der Waals surface area contributed by atoms with Gasteiger partial charge in [-0.3, -0.25) is 4.68 Å². The number of benzene rings is 1. The van der Waals surface area contributed by atoms with E-state index in [1.165, 1.54) is 4.68 Å². The van der Waals surface area contributed by atoms with Crippen LogP contribution in [0.4, 0.5) is 5.69 Å². The molecule has 2 N–H and O–H groups in total. The van der Waals surface area contributed by atoms with Gasteiger partial charge in [-0.25, -0.2) is 4.79 Å². The number of hydrogen-bond acceptors (Lipinski definition) is 5. The Labute approximate surface area is 131 Å². The maximum absolute atomic E-state index is 12.1. The predicted molar refractivity (Wildman–Crippen MR) is 82.2 cm³/mol. The molecule has 6 nitrogen and oxygen atoms in total. The van der Waals surface area contributed by atoms with Gasteiger partial charge in [0, 0.05) is 17.1 Å². The fraction of sp³-hybridized carbons (Fsp3) is 0.286. The van der Waals surface area contributed by atoms with Gasteiger partial charge in [-0.2, -0.15) is 5.10 Å².